The van der Waals surface area contributed by atoms with Crippen molar-refractivity contribution in [2.75, 3.05) is 12.4 Å². The summed E-state index contributed by atoms with van der Waals surface area (Å²) in [5.41, 5.74) is 3.54. The van der Waals surface area contributed by atoms with Crippen molar-refractivity contribution < 1.29 is 9.53 Å². The van der Waals surface area contributed by atoms with Crippen LogP contribution in [-0.2, 0) is 11.3 Å². The van der Waals surface area contributed by atoms with Crippen LogP contribution in [0.1, 0.15) is 15.9 Å². The van der Waals surface area contributed by atoms with E-state index >= 15 is 0 Å². The molecule has 0 saturated carbocycles. The second-order valence-corrected chi connectivity index (χ2v) is 4.64. The summed E-state index contributed by atoms with van der Waals surface area (Å²) in [6, 6.07) is 15.2. The fraction of sp³-hybridized carbons (Fsp3) is 0.125. The summed E-state index contributed by atoms with van der Waals surface area (Å²) < 4.78 is 4.67. The summed E-state index contributed by atoms with van der Waals surface area (Å²) >= 11 is 0. The zero-order chi connectivity index (χ0) is 14.7. The molecule has 21 heavy (non-hydrogen) atoms. The van der Waals surface area contributed by atoms with Gasteiger partial charge in [-0.3, -0.25) is 0 Å². The summed E-state index contributed by atoms with van der Waals surface area (Å²) in [5, 5.41) is 3.23. The third kappa shape index (κ3) is 2.86. The van der Waals surface area contributed by atoms with Crippen molar-refractivity contribution in [2.45, 2.75) is 6.54 Å². The van der Waals surface area contributed by atoms with Gasteiger partial charge in [0, 0.05) is 6.54 Å². The molecule has 0 saturated heterocycles. The number of H-pyrrole nitrogens is 1. The molecule has 0 aliphatic rings. The first kappa shape index (κ1) is 13.2. The molecule has 0 spiro atoms. The fourth-order valence-electron chi connectivity index (χ4n) is 2.10. The quantitative estimate of drug-likeness (QED) is 0.721. The van der Waals surface area contributed by atoms with Crippen LogP contribution in [-0.4, -0.2) is 23.0 Å². The number of para-hydroxylation sites is 2. The van der Waals surface area contributed by atoms with Crippen molar-refractivity contribution in [2.24, 2.45) is 0 Å². The third-order valence-corrected chi connectivity index (χ3v) is 3.22. The standard InChI is InChI=1S/C16H15N3O2/c1-21-15(20)12-8-6-11(7-9-12)10-17-16-18-13-4-2-3-5-14(13)19-16/h2-9H,10H2,1H3,(H2,17,18,19). The van der Waals surface area contributed by atoms with Crippen LogP contribution >= 0.6 is 0 Å². The molecule has 3 rings (SSSR count). The average Bonchev–Trinajstić information content (AvgIpc) is 2.95. The molecule has 106 valence electrons. The number of esters is 1. The minimum absolute atomic E-state index is 0.327. The lowest BCUT2D eigenvalue weighted by Gasteiger charge is -2.04. The summed E-state index contributed by atoms with van der Waals surface area (Å²) in [5.74, 6) is 0.403. The molecule has 0 amide bonds. The molecule has 1 heterocycles. The van der Waals surface area contributed by atoms with Gasteiger partial charge in [0.25, 0.3) is 0 Å². The van der Waals surface area contributed by atoms with Crippen molar-refractivity contribution >= 4 is 23.0 Å². The van der Waals surface area contributed by atoms with Crippen LogP contribution < -0.4 is 5.32 Å². The number of fused-ring (bicyclic) bond motifs is 1. The highest BCUT2D eigenvalue weighted by Gasteiger charge is 2.05. The average molecular weight is 281 g/mol. The van der Waals surface area contributed by atoms with Gasteiger partial charge in [-0.05, 0) is 29.8 Å². The van der Waals surface area contributed by atoms with Crippen molar-refractivity contribution in [1.82, 2.24) is 9.97 Å². The van der Waals surface area contributed by atoms with E-state index in [0.717, 1.165) is 22.5 Å². The maximum atomic E-state index is 11.4. The molecule has 0 aliphatic carbocycles. The van der Waals surface area contributed by atoms with Gasteiger partial charge in [0.2, 0.25) is 5.95 Å². The lowest BCUT2D eigenvalue weighted by atomic mass is 10.1. The zero-order valence-electron chi connectivity index (χ0n) is 11.6. The molecule has 0 fully saturated rings. The van der Waals surface area contributed by atoms with E-state index in [9.17, 15) is 4.79 Å². The second kappa shape index (κ2) is 5.66. The highest BCUT2D eigenvalue weighted by Crippen LogP contribution is 2.14. The van der Waals surface area contributed by atoms with Gasteiger partial charge >= 0.3 is 5.97 Å². The first-order valence-corrected chi connectivity index (χ1v) is 6.62. The number of carbonyl (C=O) groups excluding carboxylic acids is 1. The Kier molecular flexibility index (Phi) is 3.55. The maximum absolute atomic E-state index is 11.4. The van der Waals surface area contributed by atoms with E-state index in [2.05, 4.69) is 20.0 Å². The number of imidazole rings is 1. The number of hydrogen-bond acceptors (Lipinski definition) is 4. The lowest BCUT2D eigenvalue weighted by molar-refractivity contribution is 0.0600. The number of anilines is 1. The molecular weight excluding hydrogens is 266 g/mol. The van der Waals surface area contributed by atoms with Crippen LogP contribution in [0.3, 0.4) is 0 Å². The lowest BCUT2D eigenvalue weighted by Crippen LogP contribution is -2.03. The first-order valence-electron chi connectivity index (χ1n) is 6.62. The normalized spacial score (nSPS) is 10.5. The van der Waals surface area contributed by atoms with Gasteiger partial charge in [0.15, 0.2) is 0 Å². The molecular formula is C16H15N3O2. The molecule has 2 aromatic carbocycles. The molecule has 2 N–H and O–H groups in total. The van der Waals surface area contributed by atoms with E-state index in [0.29, 0.717) is 12.1 Å². The number of hydrogen-bond donors (Lipinski definition) is 2. The van der Waals surface area contributed by atoms with Gasteiger partial charge in [-0.25, -0.2) is 9.78 Å². The molecule has 0 bridgehead atoms. The number of aromatic nitrogens is 2. The van der Waals surface area contributed by atoms with Crippen LogP contribution in [0.25, 0.3) is 11.0 Å². The highest BCUT2D eigenvalue weighted by atomic mass is 16.5. The molecule has 0 aliphatic heterocycles. The van der Waals surface area contributed by atoms with E-state index in [4.69, 9.17) is 0 Å². The minimum Gasteiger partial charge on any atom is -0.465 e. The van der Waals surface area contributed by atoms with E-state index in [1.807, 2.05) is 36.4 Å². The second-order valence-electron chi connectivity index (χ2n) is 4.64. The Hall–Kier alpha value is -2.82. The third-order valence-electron chi connectivity index (χ3n) is 3.22. The number of benzene rings is 2. The number of ether oxygens (including phenoxy) is 1. The minimum atomic E-state index is -0.327. The Bertz CT molecular complexity index is 730. The SMILES string of the molecule is COC(=O)c1ccc(CNc2nc3ccccc3[nH]2)cc1. The van der Waals surface area contributed by atoms with Crippen LogP contribution in [0.2, 0.25) is 0 Å². The van der Waals surface area contributed by atoms with E-state index in [1.54, 1.807) is 12.1 Å². The number of nitrogens with one attached hydrogen (secondary N) is 2. The number of methoxy groups -OCH3 is 1. The number of aromatic amines is 1. The Morgan fingerprint density at radius 3 is 2.67 bits per heavy atom. The van der Waals surface area contributed by atoms with Gasteiger partial charge in [0.05, 0.1) is 23.7 Å². The molecule has 1 aromatic heterocycles. The highest BCUT2D eigenvalue weighted by molar-refractivity contribution is 5.89. The molecule has 0 radical (unpaired) electrons. The Balaban J connectivity index is 1.68. The van der Waals surface area contributed by atoms with Gasteiger partial charge in [-0.15, -0.1) is 0 Å². The molecule has 5 nitrogen and oxygen atoms in total. The largest absolute Gasteiger partial charge is 0.465 e. The van der Waals surface area contributed by atoms with Gasteiger partial charge in [-0.1, -0.05) is 24.3 Å². The number of rotatable bonds is 4. The Morgan fingerprint density at radius 1 is 1.19 bits per heavy atom. The molecule has 5 heteroatoms. The predicted molar refractivity (Wildman–Crippen MR) is 81.2 cm³/mol. The monoisotopic (exact) mass is 281 g/mol. The summed E-state index contributed by atoms with van der Waals surface area (Å²) in [6.07, 6.45) is 0. The van der Waals surface area contributed by atoms with Crippen LogP contribution in [0.4, 0.5) is 5.95 Å². The fourth-order valence-corrected chi connectivity index (χ4v) is 2.10. The van der Waals surface area contributed by atoms with E-state index in [1.165, 1.54) is 7.11 Å². The van der Waals surface area contributed by atoms with Gasteiger partial charge in [-0.2, -0.15) is 0 Å². The van der Waals surface area contributed by atoms with Crippen molar-refractivity contribution in [1.29, 1.82) is 0 Å². The van der Waals surface area contributed by atoms with Crippen molar-refractivity contribution in [3.05, 3.63) is 59.7 Å². The van der Waals surface area contributed by atoms with Crippen LogP contribution in [0.15, 0.2) is 48.5 Å². The Morgan fingerprint density at radius 2 is 1.95 bits per heavy atom. The van der Waals surface area contributed by atoms with E-state index in [-0.39, 0.29) is 5.97 Å². The van der Waals surface area contributed by atoms with Crippen molar-refractivity contribution in [3.8, 4) is 0 Å². The molecule has 3 aromatic rings. The van der Waals surface area contributed by atoms with Crippen LogP contribution in [0, 0.1) is 0 Å². The molecule has 0 unspecified atom stereocenters. The maximum Gasteiger partial charge on any atom is 0.337 e. The van der Waals surface area contributed by atoms with Crippen LogP contribution in [0.5, 0.6) is 0 Å². The van der Waals surface area contributed by atoms with Gasteiger partial charge < -0.3 is 15.0 Å². The number of carbonyl (C=O) groups is 1. The predicted octanol–water partition coefficient (Wildman–Crippen LogP) is 2.96. The molecule has 0 atom stereocenters. The summed E-state index contributed by atoms with van der Waals surface area (Å²) in [6.45, 7) is 0.626. The summed E-state index contributed by atoms with van der Waals surface area (Å²) in [4.78, 5) is 19.0. The smallest absolute Gasteiger partial charge is 0.337 e. The first-order chi connectivity index (χ1) is 10.3. The number of nitrogens with zero attached hydrogens (tertiary/aromatic N) is 1. The van der Waals surface area contributed by atoms with Crippen molar-refractivity contribution in [3.63, 3.8) is 0 Å². The van der Waals surface area contributed by atoms with E-state index < -0.39 is 0 Å². The topological polar surface area (TPSA) is 67.0 Å². The van der Waals surface area contributed by atoms with Gasteiger partial charge in [0.1, 0.15) is 0 Å². The zero-order valence-corrected chi connectivity index (χ0v) is 11.6. The summed E-state index contributed by atoms with van der Waals surface area (Å²) in [7, 11) is 1.37. The Labute approximate surface area is 122 Å².